The number of alkyl halides is 1. The molecule has 1 aliphatic rings. The Labute approximate surface area is 70.8 Å². The molecule has 1 heterocycles. The third kappa shape index (κ3) is 2.87. The molecule has 0 spiro atoms. The van der Waals surface area contributed by atoms with Gasteiger partial charge in [0.1, 0.15) is 12.9 Å². The highest BCUT2D eigenvalue weighted by atomic mass is 19.1. The van der Waals surface area contributed by atoms with Gasteiger partial charge in [-0.1, -0.05) is 0 Å². The van der Waals surface area contributed by atoms with Crippen molar-refractivity contribution in [2.75, 3.05) is 20.1 Å². The lowest BCUT2D eigenvalue weighted by Gasteiger charge is -2.04. The number of Topliss-reactive ketones (excluding diaryl/α,β-unsaturated/α-hetero) is 1. The quantitative estimate of drug-likeness (QED) is 0.588. The van der Waals surface area contributed by atoms with Crippen LogP contribution in [0.2, 0.25) is 0 Å². The van der Waals surface area contributed by atoms with Crippen molar-refractivity contribution in [3.8, 4) is 0 Å². The maximum absolute atomic E-state index is 11.7. The number of carbonyl (C=O) groups excluding carboxylic acids is 1. The van der Waals surface area contributed by atoms with Crippen LogP contribution in [0.15, 0.2) is 0 Å². The SMILES string of the molecule is O=C(CCCCF)C1COCO1. The van der Waals surface area contributed by atoms with Crippen LogP contribution in [0, 0.1) is 0 Å². The number of hydrogen-bond donors (Lipinski definition) is 0. The molecule has 1 atom stereocenters. The standard InChI is InChI=1S/C8H13FO3/c9-4-2-1-3-7(10)8-5-11-6-12-8/h8H,1-6H2. The highest BCUT2D eigenvalue weighted by Crippen LogP contribution is 2.08. The van der Waals surface area contributed by atoms with Gasteiger partial charge in [-0.25, -0.2) is 0 Å². The fourth-order valence-electron chi connectivity index (χ4n) is 1.07. The molecule has 0 saturated carbocycles. The van der Waals surface area contributed by atoms with Crippen LogP contribution in [-0.4, -0.2) is 32.0 Å². The van der Waals surface area contributed by atoms with Crippen LogP contribution >= 0.6 is 0 Å². The average molecular weight is 176 g/mol. The van der Waals surface area contributed by atoms with Gasteiger partial charge in [0.15, 0.2) is 5.78 Å². The van der Waals surface area contributed by atoms with Crippen LogP contribution < -0.4 is 0 Å². The number of rotatable bonds is 5. The van der Waals surface area contributed by atoms with E-state index in [9.17, 15) is 9.18 Å². The number of ether oxygens (including phenoxy) is 2. The van der Waals surface area contributed by atoms with Gasteiger partial charge >= 0.3 is 0 Å². The van der Waals surface area contributed by atoms with Gasteiger partial charge in [0.05, 0.1) is 13.3 Å². The molecule has 0 bridgehead atoms. The minimum Gasteiger partial charge on any atom is -0.352 e. The zero-order valence-electron chi connectivity index (χ0n) is 6.92. The number of halogens is 1. The zero-order chi connectivity index (χ0) is 8.81. The van der Waals surface area contributed by atoms with Crippen molar-refractivity contribution in [2.24, 2.45) is 0 Å². The van der Waals surface area contributed by atoms with Gasteiger partial charge in [-0.15, -0.1) is 0 Å². The summed E-state index contributed by atoms with van der Waals surface area (Å²) in [5, 5.41) is 0. The predicted molar refractivity (Wildman–Crippen MR) is 40.5 cm³/mol. The lowest BCUT2D eigenvalue weighted by molar-refractivity contribution is -0.127. The summed E-state index contributed by atoms with van der Waals surface area (Å²) < 4.78 is 21.5. The van der Waals surface area contributed by atoms with Crippen molar-refractivity contribution in [3.05, 3.63) is 0 Å². The Morgan fingerprint density at radius 1 is 1.50 bits per heavy atom. The third-order valence-electron chi connectivity index (χ3n) is 1.79. The second-order valence-corrected chi connectivity index (χ2v) is 2.76. The third-order valence-corrected chi connectivity index (χ3v) is 1.79. The van der Waals surface area contributed by atoms with Crippen molar-refractivity contribution in [3.63, 3.8) is 0 Å². The van der Waals surface area contributed by atoms with Gasteiger partial charge in [-0.3, -0.25) is 9.18 Å². The fourth-order valence-corrected chi connectivity index (χ4v) is 1.07. The number of unbranched alkanes of at least 4 members (excludes halogenated alkanes) is 1. The Hall–Kier alpha value is -0.480. The molecule has 12 heavy (non-hydrogen) atoms. The molecule has 70 valence electrons. The van der Waals surface area contributed by atoms with Gasteiger partial charge in [0.25, 0.3) is 0 Å². The summed E-state index contributed by atoms with van der Waals surface area (Å²) in [6.45, 7) is 0.212. The molecule has 1 unspecified atom stereocenters. The lowest BCUT2D eigenvalue weighted by Crippen LogP contribution is -2.22. The summed E-state index contributed by atoms with van der Waals surface area (Å²) in [6, 6.07) is 0. The Kier molecular flexibility index (Phi) is 4.18. The van der Waals surface area contributed by atoms with E-state index in [-0.39, 0.29) is 19.3 Å². The van der Waals surface area contributed by atoms with E-state index in [4.69, 9.17) is 9.47 Å². The van der Waals surface area contributed by atoms with Crippen molar-refractivity contribution in [2.45, 2.75) is 25.4 Å². The summed E-state index contributed by atoms with van der Waals surface area (Å²) in [4.78, 5) is 11.2. The summed E-state index contributed by atoms with van der Waals surface area (Å²) >= 11 is 0. The van der Waals surface area contributed by atoms with Crippen molar-refractivity contribution in [1.82, 2.24) is 0 Å². The number of hydrogen-bond acceptors (Lipinski definition) is 3. The first-order chi connectivity index (χ1) is 5.84. The summed E-state index contributed by atoms with van der Waals surface area (Å²) in [6.07, 6.45) is 1.07. The predicted octanol–water partition coefficient (Wildman–Crippen LogP) is 1.07. The molecule has 0 radical (unpaired) electrons. The van der Waals surface area contributed by atoms with E-state index in [1.165, 1.54) is 0 Å². The van der Waals surface area contributed by atoms with Crippen molar-refractivity contribution >= 4 is 5.78 Å². The van der Waals surface area contributed by atoms with Crippen molar-refractivity contribution < 1.29 is 18.7 Å². The Morgan fingerprint density at radius 2 is 2.33 bits per heavy atom. The topological polar surface area (TPSA) is 35.5 Å². The van der Waals surface area contributed by atoms with Crippen LogP contribution in [0.4, 0.5) is 4.39 Å². The molecule has 0 aromatic heterocycles. The van der Waals surface area contributed by atoms with Gasteiger partial charge < -0.3 is 9.47 Å². The maximum atomic E-state index is 11.7. The second kappa shape index (κ2) is 5.22. The molecule has 0 amide bonds. The van der Waals surface area contributed by atoms with Gasteiger partial charge in [-0.2, -0.15) is 0 Å². The van der Waals surface area contributed by atoms with E-state index in [0.29, 0.717) is 25.9 Å². The van der Waals surface area contributed by atoms with Gasteiger partial charge in [0.2, 0.25) is 0 Å². The molecule has 0 aromatic rings. The number of ketones is 1. The smallest absolute Gasteiger partial charge is 0.164 e. The fraction of sp³-hybridized carbons (Fsp3) is 0.875. The molecule has 0 aromatic carbocycles. The number of carbonyl (C=O) groups is 1. The van der Waals surface area contributed by atoms with Gasteiger partial charge in [0, 0.05) is 6.42 Å². The van der Waals surface area contributed by atoms with E-state index in [2.05, 4.69) is 0 Å². The molecule has 1 fully saturated rings. The Morgan fingerprint density at radius 3 is 2.92 bits per heavy atom. The van der Waals surface area contributed by atoms with Crippen LogP contribution in [0.3, 0.4) is 0 Å². The second-order valence-electron chi connectivity index (χ2n) is 2.76. The molecule has 4 heteroatoms. The van der Waals surface area contributed by atoms with E-state index in [0.717, 1.165) is 0 Å². The molecule has 3 nitrogen and oxygen atoms in total. The Bertz CT molecular complexity index is 143. The summed E-state index contributed by atoms with van der Waals surface area (Å²) in [7, 11) is 0. The minimum absolute atomic E-state index is 0.0287. The molecular weight excluding hydrogens is 163 g/mol. The summed E-state index contributed by atoms with van der Waals surface area (Å²) in [5.74, 6) is 0.0287. The Balaban J connectivity index is 2.10. The van der Waals surface area contributed by atoms with Crippen molar-refractivity contribution in [1.29, 1.82) is 0 Å². The first-order valence-electron chi connectivity index (χ1n) is 4.12. The van der Waals surface area contributed by atoms with Crippen LogP contribution in [0.25, 0.3) is 0 Å². The molecular formula is C8H13FO3. The average Bonchev–Trinajstić information content (AvgIpc) is 2.56. The summed E-state index contributed by atoms with van der Waals surface area (Å²) in [5.41, 5.74) is 0. The normalized spacial score (nSPS) is 22.9. The maximum Gasteiger partial charge on any atom is 0.164 e. The minimum atomic E-state index is -0.399. The highest BCUT2D eigenvalue weighted by molar-refractivity contribution is 5.83. The van der Waals surface area contributed by atoms with Crippen LogP contribution in [-0.2, 0) is 14.3 Å². The van der Waals surface area contributed by atoms with Crippen LogP contribution in [0.1, 0.15) is 19.3 Å². The first kappa shape index (κ1) is 9.61. The van der Waals surface area contributed by atoms with Gasteiger partial charge in [-0.05, 0) is 12.8 Å². The van der Waals surface area contributed by atoms with Crippen LogP contribution in [0.5, 0.6) is 0 Å². The van der Waals surface area contributed by atoms with E-state index in [1.807, 2.05) is 0 Å². The monoisotopic (exact) mass is 176 g/mol. The highest BCUT2D eigenvalue weighted by Gasteiger charge is 2.23. The van der Waals surface area contributed by atoms with E-state index < -0.39 is 6.10 Å². The zero-order valence-corrected chi connectivity index (χ0v) is 6.92. The van der Waals surface area contributed by atoms with E-state index >= 15 is 0 Å². The molecule has 1 aliphatic heterocycles. The lowest BCUT2D eigenvalue weighted by atomic mass is 10.1. The largest absolute Gasteiger partial charge is 0.352 e. The van der Waals surface area contributed by atoms with E-state index in [1.54, 1.807) is 0 Å². The molecule has 0 aliphatic carbocycles. The first-order valence-corrected chi connectivity index (χ1v) is 4.12. The molecule has 1 saturated heterocycles. The molecule has 0 N–H and O–H groups in total. The molecule has 1 rings (SSSR count).